The second kappa shape index (κ2) is 54.7. The standard InChI is InChI=1S/C116H154N8O4/c1-5-9-13-17-21-25-29-33-37-41-45-49-53-67-90-71-63-75-94(85-90)125-105-89-104-106(108(127-96-77-65-73-92(87-96)69-55-51-47-43-39-35-31-27-23-19-15-11-7-3)107(105)126-95-76-64-72-91(86-95)68-54-50-46-42-38-34-30-26-22-18-14-10-6-2)114-120-110-99-80-58-60-82-101(99)112(118-110)123-116-103-84-62-61-83-102(103)115(122-111-100-81-59-57-79-98(100)109(117-111)119-113(104)121-114)124(116)128-97-78-66-74-93(88-97)70-56-52-48-44-40-36-32-28-24-20-16-12-8-4/h57-66,71-89H,5-56,67-70H2,1-4H3,(H,117,118,119,120,121,122,123). The number of ether oxygens (including phenoxy) is 3. The summed E-state index contributed by atoms with van der Waals surface area (Å²) in [7, 11) is 0. The van der Waals surface area contributed by atoms with Gasteiger partial charge in [0.25, 0.3) is 0 Å². The predicted molar refractivity (Wildman–Crippen MR) is 539 cm³/mol. The number of nitrogens with zero attached hydrogens (tertiary/aromatic N) is 7. The van der Waals surface area contributed by atoms with Gasteiger partial charge in [-0.1, -0.05) is 457 Å². The van der Waals surface area contributed by atoms with Crippen molar-refractivity contribution in [3.05, 3.63) is 198 Å². The molecule has 8 aromatic carbocycles. The molecule has 682 valence electrons. The Morgan fingerprint density at radius 2 is 0.508 bits per heavy atom. The fourth-order valence-electron chi connectivity index (χ4n) is 19.1. The number of nitrogens with one attached hydrogen (secondary N) is 1. The average Bonchev–Trinajstić information content (AvgIpc) is 1.59. The summed E-state index contributed by atoms with van der Waals surface area (Å²) in [5.41, 5.74) is 10.2. The van der Waals surface area contributed by atoms with Crippen LogP contribution in [0.3, 0.4) is 0 Å². The fourth-order valence-corrected chi connectivity index (χ4v) is 19.1. The van der Waals surface area contributed by atoms with Gasteiger partial charge in [-0.25, -0.2) is 29.9 Å². The lowest BCUT2D eigenvalue weighted by molar-refractivity contribution is 0.237. The van der Waals surface area contributed by atoms with E-state index in [0.29, 0.717) is 96.9 Å². The first kappa shape index (κ1) is 95.9. The van der Waals surface area contributed by atoms with Crippen LogP contribution < -0.4 is 19.0 Å². The van der Waals surface area contributed by atoms with Crippen molar-refractivity contribution in [1.29, 1.82) is 0 Å². The molecule has 0 fully saturated rings. The van der Waals surface area contributed by atoms with Crippen LogP contribution in [0.2, 0.25) is 0 Å². The first-order valence-electron chi connectivity index (χ1n) is 51.8. The van der Waals surface area contributed by atoms with Crippen LogP contribution >= 0.6 is 0 Å². The highest BCUT2D eigenvalue weighted by molar-refractivity contribution is 6.11. The van der Waals surface area contributed by atoms with Crippen molar-refractivity contribution in [2.45, 2.75) is 387 Å². The molecule has 0 saturated carbocycles. The molecular formula is C116H154N8O4. The van der Waals surface area contributed by atoms with Crippen LogP contribution in [-0.4, -0.2) is 39.6 Å². The number of fused-ring (bicyclic) bond motifs is 20. The molecule has 0 radical (unpaired) electrons. The number of hydrogen-bond donors (Lipinski definition) is 1. The highest BCUT2D eigenvalue weighted by Gasteiger charge is 2.29. The van der Waals surface area contributed by atoms with E-state index in [4.69, 9.17) is 49.0 Å². The quantitative estimate of drug-likeness (QED) is 0.0367. The zero-order chi connectivity index (χ0) is 88.0. The van der Waals surface area contributed by atoms with Crippen molar-refractivity contribution >= 4 is 44.1 Å². The van der Waals surface area contributed by atoms with E-state index in [1.807, 2.05) is 42.5 Å². The molecule has 0 aliphatic carbocycles. The molecule has 2 aliphatic heterocycles. The summed E-state index contributed by atoms with van der Waals surface area (Å²) in [4.78, 5) is 44.8. The van der Waals surface area contributed by atoms with Crippen molar-refractivity contribution in [3.63, 3.8) is 0 Å². The molecular weight excluding hydrogens is 1570 g/mol. The van der Waals surface area contributed by atoms with E-state index in [2.05, 4.69) is 166 Å². The highest BCUT2D eigenvalue weighted by Crippen LogP contribution is 2.52. The molecule has 0 amide bonds. The van der Waals surface area contributed by atoms with Crippen LogP contribution in [0.25, 0.3) is 89.7 Å². The van der Waals surface area contributed by atoms with Gasteiger partial charge in [0.05, 0.1) is 5.39 Å². The van der Waals surface area contributed by atoms with Crippen LogP contribution in [0, 0.1) is 0 Å². The molecule has 0 spiro atoms. The van der Waals surface area contributed by atoms with Gasteiger partial charge in [0.1, 0.15) is 28.5 Å². The number of aryl methyl sites for hydroxylation is 4. The SMILES string of the molecule is CCCCCCCCCCCCCCCc1cccc(Oc2cc3c4nc5nc(nc6c7ccccc7c(nc7nc(nc([nH]4)c3c(Oc3cccc(CCCCCCCCCCCCCCC)c3)c2Oc2cccc(CCCCCCCCCCCCCCC)c2)-c2ccccc2-7)n6Oc2cccc(CCCCCCCCCCCCCCC)c2)-c2ccccc2-5)c1. The molecule has 12 heteroatoms. The summed E-state index contributed by atoms with van der Waals surface area (Å²) in [6.45, 7) is 9.20. The van der Waals surface area contributed by atoms with Crippen LogP contribution in [0.5, 0.6) is 40.2 Å². The molecule has 8 bridgehead atoms. The van der Waals surface area contributed by atoms with Crippen LogP contribution in [0.4, 0.5) is 0 Å². The fraction of sp³-hybridized carbons (Fsp3) is 0.517. The lowest BCUT2D eigenvalue weighted by Gasteiger charge is -2.19. The second-order valence-electron chi connectivity index (χ2n) is 37.3. The van der Waals surface area contributed by atoms with E-state index < -0.39 is 0 Å². The number of aromatic amines is 1. The number of unbranched alkanes of at least 4 members (excludes halogenated alkanes) is 48. The van der Waals surface area contributed by atoms with Gasteiger partial charge < -0.3 is 24.0 Å². The Hall–Kier alpha value is -9.68. The van der Waals surface area contributed by atoms with E-state index in [-0.39, 0.29) is 0 Å². The molecule has 128 heavy (non-hydrogen) atoms. The van der Waals surface area contributed by atoms with E-state index in [9.17, 15) is 0 Å². The number of aromatic nitrogens is 8. The van der Waals surface area contributed by atoms with Gasteiger partial charge in [0.15, 0.2) is 51.8 Å². The summed E-state index contributed by atoms with van der Waals surface area (Å²) >= 11 is 0. The predicted octanol–water partition coefficient (Wildman–Crippen LogP) is 36.1. The third-order valence-corrected chi connectivity index (χ3v) is 26.6. The lowest BCUT2D eigenvalue weighted by atomic mass is 10.0. The molecule has 1 N–H and O–H groups in total. The molecule has 0 saturated heterocycles. The topological polar surface area (TPSA) is 135 Å². The lowest BCUT2D eigenvalue weighted by Crippen LogP contribution is -2.07. The number of H-pyrrole nitrogens is 1. The van der Waals surface area contributed by atoms with Crippen molar-refractivity contribution in [2.24, 2.45) is 0 Å². The van der Waals surface area contributed by atoms with Crippen molar-refractivity contribution in [2.75, 3.05) is 0 Å². The normalized spacial score (nSPS) is 11.8. The Balaban J connectivity index is 0.887. The molecule has 5 heterocycles. The minimum atomic E-state index is 0.412. The largest absolute Gasteiger partial charge is 0.453 e. The summed E-state index contributed by atoms with van der Waals surface area (Å²) in [6, 6.07) is 61.4. The Morgan fingerprint density at radius 1 is 0.234 bits per heavy atom. The minimum absolute atomic E-state index is 0.412. The van der Waals surface area contributed by atoms with Gasteiger partial charge >= 0.3 is 0 Å². The average molecular weight is 1720 g/mol. The van der Waals surface area contributed by atoms with Crippen LogP contribution in [-0.2, 0) is 25.7 Å². The zero-order valence-corrected chi connectivity index (χ0v) is 79.1. The number of hydrogen-bond acceptors (Lipinski definition) is 10. The van der Waals surface area contributed by atoms with Gasteiger partial charge in [0.2, 0.25) is 5.75 Å². The van der Waals surface area contributed by atoms with E-state index in [0.717, 1.165) is 84.4 Å². The molecule has 13 rings (SSSR count). The molecule has 0 unspecified atom stereocenters. The molecule has 3 aromatic heterocycles. The highest BCUT2D eigenvalue weighted by atomic mass is 16.7. The summed E-state index contributed by atoms with van der Waals surface area (Å²) in [6.07, 6.45) is 72.3. The van der Waals surface area contributed by atoms with Gasteiger partial charge in [-0.15, -0.1) is 4.73 Å². The summed E-state index contributed by atoms with van der Waals surface area (Å²) in [5, 5.41) is 3.02. The van der Waals surface area contributed by atoms with Gasteiger partial charge in [-0.3, -0.25) is 0 Å². The summed E-state index contributed by atoms with van der Waals surface area (Å²) < 4.78 is 24.6. The Bertz CT molecular complexity index is 5290. The first-order chi connectivity index (χ1) is 63.4. The number of rotatable bonds is 64. The Labute approximate surface area is 769 Å². The Morgan fingerprint density at radius 3 is 0.844 bits per heavy atom. The van der Waals surface area contributed by atoms with Crippen molar-refractivity contribution < 1.29 is 19.0 Å². The zero-order valence-electron chi connectivity index (χ0n) is 79.1. The maximum atomic E-state index is 7.71. The third-order valence-electron chi connectivity index (χ3n) is 26.6. The van der Waals surface area contributed by atoms with Crippen LogP contribution in [0.1, 0.15) is 384 Å². The molecule has 0 atom stereocenters. The third kappa shape index (κ3) is 29.9. The maximum absolute atomic E-state index is 7.71. The van der Waals surface area contributed by atoms with E-state index >= 15 is 0 Å². The van der Waals surface area contributed by atoms with Gasteiger partial charge in [-0.2, -0.15) is 0 Å². The smallest absolute Gasteiger partial charge is 0.213 e. The van der Waals surface area contributed by atoms with E-state index in [1.165, 1.54) is 330 Å². The Kier molecular flexibility index (Phi) is 41.0. The van der Waals surface area contributed by atoms with E-state index in [1.54, 1.807) is 4.73 Å². The monoisotopic (exact) mass is 1720 g/mol. The second-order valence-corrected chi connectivity index (χ2v) is 37.3. The van der Waals surface area contributed by atoms with Gasteiger partial charge in [0, 0.05) is 38.4 Å². The molecule has 2 aliphatic rings. The minimum Gasteiger partial charge on any atom is -0.453 e. The molecule has 12 nitrogen and oxygen atoms in total. The van der Waals surface area contributed by atoms with Crippen molar-refractivity contribution in [3.8, 4) is 85.8 Å². The number of benzene rings is 8. The maximum Gasteiger partial charge on any atom is 0.213 e. The van der Waals surface area contributed by atoms with Crippen molar-refractivity contribution in [1.82, 2.24) is 39.6 Å². The first-order valence-corrected chi connectivity index (χ1v) is 51.8. The summed E-state index contributed by atoms with van der Waals surface area (Å²) in [5.74, 6) is 5.94. The van der Waals surface area contributed by atoms with Gasteiger partial charge in [-0.05, 0) is 128 Å². The molecule has 11 aromatic rings. The van der Waals surface area contributed by atoms with Crippen LogP contribution in [0.15, 0.2) is 176 Å².